The van der Waals surface area contributed by atoms with E-state index < -0.39 is 21.8 Å². The van der Waals surface area contributed by atoms with E-state index in [2.05, 4.69) is 36.1 Å². The minimum atomic E-state index is -4.11. The average Bonchev–Trinajstić information content (AvgIpc) is 3.69. The van der Waals surface area contributed by atoms with E-state index in [4.69, 9.17) is 0 Å². The van der Waals surface area contributed by atoms with E-state index in [9.17, 15) is 23.1 Å². The van der Waals surface area contributed by atoms with Crippen molar-refractivity contribution >= 4 is 38.5 Å². The minimum absolute atomic E-state index is 0.00767. The highest BCUT2D eigenvalue weighted by atomic mass is 32.2. The highest BCUT2D eigenvalue weighted by Gasteiger charge is 2.37. The molecule has 1 N–H and O–H groups in total. The molecule has 1 aliphatic rings. The van der Waals surface area contributed by atoms with Gasteiger partial charge in [0.2, 0.25) is 0 Å². The summed E-state index contributed by atoms with van der Waals surface area (Å²) in [6.07, 6.45) is 0.373. The van der Waals surface area contributed by atoms with Crippen LogP contribution in [0.15, 0.2) is 111 Å². The molecule has 0 radical (unpaired) electrons. The normalized spacial score (nSPS) is 18.0. The molecule has 1 saturated heterocycles. The van der Waals surface area contributed by atoms with Crippen molar-refractivity contribution in [2.75, 3.05) is 6.54 Å². The molecular weight excluding hydrogens is 609 g/mol. The Morgan fingerprint density at radius 1 is 0.911 bits per heavy atom. The van der Waals surface area contributed by atoms with Crippen molar-refractivity contribution in [3.63, 3.8) is 0 Å². The van der Waals surface area contributed by atoms with E-state index in [1.54, 1.807) is 40.3 Å². The Labute approximate surface area is 266 Å². The second-order valence-electron chi connectivity index (χ2n) is 11.6. The summed E-state index contributed by atoms with van der Waals surface area (Å²) in [5, 5.41) is 11.9. The Morgan fingerprint density at radius 2 is 1.51 bits per heavy atom. The molecular formula is C34H36N4O5S2. The third-order valence-electron chi connectivity index (χ3n) is 8.72. The van der Waals surface area contributed by atoms with Gasteiger partial charge in [-0.1, -0.05) is 78.9 Å². The van der Waals surface area contributed by atoms with Crippen LogP contribution in [0.4, 0.5) is 4.79 Å². The van der Waals surface area contributed by atoms with Crippen LogP contribution in [0.1, 0.15) is 43.4 Å². The zero-order chi connectivity index (χ0) is 31.6. The Kier molecular flexibility index (Phi) is 8.93. The number of para-hydroxylation sites is 2. The lowest BCUT2D eigenvalue weighted by atomic mass is 9.92. The van der Waals surface area contributed by atoms with Gasteiger partial charge in [0.25, 0.3) is 10.0 Å². The lowest BCUT2D eigenvalue weighted by molar-refractivity contribution is 0.0687. The van der Waals surface area contributed by atoms with E-state index in [0.717, 1.165) is 15.3 Å². The predicted octanol–water partition coefficient (Wildman–Crippen LogP) is 6.27. The minimum Gasteiger partial charge on any atom is -0.465 e. The summed E-state index contributed by atoms with van der Waals surface area (Å²) in [4.78, 5) is 30.3. The van der Waals surface area contributed by atoms with Crippen molar-refractivity contribution in [1.29, 1.82) is 0 Å². The van der Waals surface area contributed by atoms with E-state index in [1.165, 1.54) is 22.1 Å². The summed E-state index contributed by atoms with van der Waals surface area (Å²) in [5.74, 6) is 0. The molecule has 3 unspecified atom stereocenters. The Bertz CT molecular complexity index is 1880. The molecule has 2 aromatic heterocycles. The Balaban J connectivity index is 1.32. The average molecular weight is 645 g/mol. The molecule has 1 aliphatic heterocycles. The molecule has 0 aliphatic carbocycles. The van der Waals surface area contributed by atoms with Crippen LogP contribution >= 0.6 is 11.3 Å². The topological polar surface area (TPSA) is 105 Å². The van der Waals surface area contributed by atoms with Crippen molar-refractivity contribution in [3.05, 3.63) is 124 Å². The highest BCUT2D eigenvalue weighted by molar-refractivity contribution is 7.92. The first kappa shape index (κ1) is 30.8. The molecule has 5 aromatic rings. The molecule has 3 aromatic carbocycles. The zero-order valence-corrected chi connectivity index (χ0v) is 26.6. The fourth-order valence-corrected chi connectivity index (χ4v) is 8.98. The lowest BCUT2D eigenvalue weighted by Crippen LogP contribution is -2.49. The summed E-state index contributed by atoms with van der Waals surface area (Å²) in [5.41, 5.74) is 2.56. The SMILES string of the molecule is CC(CC1CC(n2c(=O)n(S(=O)(=O)c3cccs3)c3ccccc32)CCN1C(=O)O)N(Cc1ccccc1)Cc1ccccc1. The molecule has 0 bridgehead atoms. The van der Waals surface area contributed by atoms with E-state index in [-0.39, 0.29) is 28.9 Å². The van der Waals surface area contributed by atoms with Crippen LogP contribution in [0.2, 0.25) is 0 Å². The Morgan fingerprint density at radius 3 is 2.09 bits per heavy atom. The van der Waals surface area contributed by atoms with Crippen LogP contribution in [-0.2, 0) is 23.1 Å². The number of thiophene rings is 1. The van der Waals surface area contributed by atoms with E-state index in [1.807, 2.05) is 36.4 Å². The lowest BCUT2D eigenvalue weighted by Gasteiger charge is -2.41. The molecule has 6 rings (SSSR count). The van der Waals surface area contributed by atoms with Crippen LogP contribution in [-0.4, -0.2) is 56.6 Å². The first-order valence-corrected chi connectivity index (χ1v) is 17.4. The summed E-state index contributed by atoms with van der Waals surface area (Å²) < 4.78 is 29.8. The number of amides is 1. The second-order valence-corrected chi connectivity index (χ2v) is 14.6. The highest BCUT2D eigenvalue weighted by Crippen LogP contribution is 2.33. The van der Waals surface area contributed by atoms with Crippen LogP contribution in [0, 0.1) is 0 Å². The largest absolute Gasteiger partial charge is 0.465 e. The number of imidazole rings is 1. The van der Waals surface area contributed by atoms with Gasteiger partial charge in [-0.2, -0.15) is 12.4 Å². The molecule has 11 heteroatoms. The maximum atomic E-state index is 14.0. The van der Waals surface area contributed by atoms with Gasteiger partial charge in [0.05, 0.1) is 11.0 Å². The van der Waals surface area contributed by atoms with Gasteiger partial charge in [0.1, 0.15) is 4.21 Å². The van der Waals surface area contributed by atoms with Crippen LogP contribution in [0.25, 0.3) is 11.0 Å². The fraction of sp³-hybridized carbons (Fsp3) is 0.294. The van der Waals surface area contributed by atoms with Crippen LogP contribution in [0.3, 0.4) is 0 Å². The number of hydrogen-bond donors (Lipinski definition) is 1. The predicted molar refractivity (Wildman–Crippen MR) is 176 cm³/mol. The molecule has 3 atom stereocenters. The molecule has 234 valence electrons. The van der Waals surface area contributed by atoms with Crippen molar-refractivity contribution in [1.82, 2.24) is 18.3 Å². The van der Waals surface area contributed by atoms with E-state index in [0.29, 0.717) is 43.4 Å². The molecule has 1 fully saturated rings. The maximum absolute atomic E-state index is 14.0. The number of piperidine rings is 1. The molecule has 0 spiro atoms. The molecule has 45 heavy (non-hydrogen) atoms. The number of aromatic nitrogens is 2. The number of likely N-dealkylation sites (tertiary alicyclic amines) is 1. The first-order chi connectivity index (χ1) is 21.7. The maximum Gasteiger partial charge on any atom is 0.407 e. The van der Waals surface area contributed by atoms with Gasteiger partial charge < -0.3 is 10.0 Å². The smallest absolute Gasteiger partial charge is 0.407 e. The quantitative estimate of drug-likeness (QED) is 0.192. The van der Waals surface area contributed by atoms with Gasteiger partial charge in [-0.25, -0.2) is 9.59 Å². The van der Waals surface area contributed by atoms with E-state index >= 15 is 0 Å². The van der Waals surface area contributed by atoms with Crippen LogP contribution in [0.5, 0.6) is 0 Å². The van der Waals surface area contributed by atoms with Crippen LogP contribution < -0.4 is 5.69 Å². The standard InChI is InChI=1S/C34H36N4O5S2/c1-25(35(23-26-11-4-2-5-12-26)24-27-13-6-3-7-14-27)21-29-22-28(18-19-36(29)34(40)41)37-30-15-8-9-16-31(30)38(33(37)39)45(42,43)32-17-10-20-44-32/h2-17,20,25,28-29H,18-19,21-24H2,1H3,(H,40,41). The number of nitrogens with zero attached hydrogens (tertiary/aromatic N) is 4. The summed E-state index contributed by atoms with van der Waals surface area (Å²) in [7, 11) is -4.11. The summed E-state index contributed by atoms with van der Waals surface area (Å²) in [6.45, 7) is 3.78. The summed E-state index contributed by atoms with van der Waals surface area (Å²) in [6, 6.07) is 29.8. The number of rotatable bonds is 10. The van der Waals surface area contributed by atoms with Crippen molar-refractivity contribution < 1.29 is 18.3 Å². The third kappa shape index (κ3) is 6.33. The molecule has 3 heterocycles. The number of hydrogen-bond acceptors (Lipinski definition) is 6. The van der Waals surface area contributed by atoms with Crippen molar-refractivity contribution in [2.24, 2.45) is 0 Å². The summed E-state index contributed by atoms with van der Waals surface area (Å²) >= 11 is 1.07. The zero-order valence-electron chi connectivity index (χ0n) is 25.0. The van der Waals surface area contributed by atoms with Crippen molar-refractivity contribution in [2.45, 2.75) is 61.6 Å². The van der Waals surface area contributed by atoms with Gasteiger partial charge in [-0.3, -0.25) is 9.47 Å². The van der Waals surface area contributed by atoms with Gasteiger partial charge in [0, 0.05) is 37.8 Å². The third-order valence-corrected chi connectivity index (χ3v) is 11.8. The van der Waals surface area contributed by atoms with Crippen molar-refractivity contribution in [3.8, 4) is 0 Å². The van der Waals surface area contributed by atoms with Gasteiger partial charge in [-0.15, -0.1) is 11.3 Å². The molecule has 9 nitrogen and oxygen atoms in total. The van der Waals surface area contributed by atoms with Gasteiger partial charge in [-0.05, 0) is 60.9 Å². The number of carboxylic acid groups (broad SMARTS) is 1. The number of fused-ring (bicyclic) bond motifs is 1. The van der Waals surface area contributed by atoms with Gasteiger partial charge in [0.15, 0.2) is 0 Å². The first-order valence-electron chi connectivity index (χ1n) is 15.1. The molecule has 0 saturated carbocycles. The molecule has 1 amide bonds. The van der Waals surface area contributed by atoms with Gasteiger partial charge >= 0.3 is 11.8 Å². The number of carbonyl (C=O) groups is 1. The Hall–Kier alpha value is -4.19. The second kappa shape index (κ2) is 13.0. The number of benzene rings is 3. The fourth-order valence-electron chi connectivity index (χ4n) is 6.51. The monoisotopic (exact) mass is 644 g/mol.